The lowest BCUT2D eigenvalue weighted by molar-refractivity contribution is 0.551. The Morgan fingerprint density at radius 3 is 1.65 bits per heavy atom. The largest absolute Gasteiger partial charge is 0.258 e. The minimum atomic E-state index is -0.233. The molecule has 198 valence electrons. The van der Waals surface area contributed by atoms with Crippen LogP contribution in [0.4, 0.5) is 4.39 Å². The third kappa shape index (κ3) is 9.31. The number of halogens is 1. The van der Waals surface area contributed by atoms with E-state index in [2.05, 4.69) is 107 Å². The molecule has 0 spiro atoms. The van der Waals surface area contributed by atoms with Crippen LogP contribution in [0.5, 0.6) is 0 Å². The summed E-state index contributed by atoms with van der Waals surface area (Å²) in [6, 6.07) is 15.6. The number of benzene rings is 1. The number of aromatic nitrogens is 4. The normalized spacial score (nSPS) is 11.8. The molecule has 1 aromatic carbocycles. The van der Waals surface area contributed by atoms with E-state index in [1.807, 2.05) is 19.1 Å². The molecule has 0 bridgehead atoms. The molecular formula is C32H43FN4. The molecule has 0 aliphatic carbocycles. The van der Waals surface area contributed by atoms with Crippen LogP contribution in [0.2, 0.25) is 0 Å². The van der Waals surface area contributed by atoms with Crippen molar-refractivity contribution >= 4 is 11.0 Å². The molecule has 0 aliphatic heterocycles. The molecule has 0 N–H and O–H groups in total. The second kappa shape index (κ2) is 11.9. The Hall–Kier alpha value is -3.21. The number of fused-ring (bicyclic) bond motifs is 1. The molecule has 0 radical (unpaired) electrons. The zero-order valence-electron chi connectivity index (χ0n) is 24.4. The van der Waals surface area contributed by atoms with Gasteiger partial charge in [0.1, 0.15) is 5.82 Å². The Morgan fingerprint density at radius 2 is 1.16 bits per heavy atom. The number of pyridine rings is 2. The van der Waals surface area contributed by atoms with E-state index in [1.54, 1.807) is 25.4 Å². The first-order chi connectivity index (χ1) is 17.0. The molecule has 4 aromatic rings. The Kier molecular flexibility index (Phi) is 9.65. The van der Waals surface area contributed by atoms with E-state index in [0.29, 0.717) is 5.69 Å². The first-order valence-corrected chi connectivity index (χ1v) is 12.8. The van der Waals surface area contributed by atoms with E-state index in [0.717, 1.165) is 28.1 Å². The average molecular weight is 503 g/mol. The fraction of sp³-hybridized carbons (Fsp3) is 0.438. The van der Waals surface area contributed by atoms with E-state index in [9.17, 15) is 4.39 Å². The van der Waals surface area contributed by atoms with Crippen molar-refractivity contribution in [1.29, 1.82) is 0 Å². The maximum Gasteiger partial charge on any atom is 0.144 e. The van der Waals surface area contributed by atoms with Gasteiger partial charge in [-0.1, -0.05) is 74.4 Å². The summed E-state index contributed by atoms with van der Waals surface area (Å²) in [7, 11) is 0. The second-order valence-electron chi connectivity index (χ2n) is 12.4. The van der Waals surface area contributed by atoms with Gasteiger partial charge in [0.2, 0.25) is 0 Å². The van der Waals surface area contributed by atoms with Gasteiger partial charge < -0.3 is 0 Å². The average Bonchev–Trinajstić information content (AvgIpc) is 2.79. The number of rotatable bonds is 0. The summed E-state index contributed by atoms with van der Waals surface area (Å²) in [6.07, 6.45) is 3.45. The molecule has 5 heteroatoms. The predicted octanol–water partition coefficient (Wildman–Crippen LogP) is 8.44. The molecule has 0 aliphatic rings. The summed E-state index contributed by atoms with van der Waals surface area (Å²) in [5, 5.41) is 0. The van der Waals surface area contributed by atoms with Gasteiger partial charge in [0.05, 0.1) is 16.7 Å². The highest BCUT2D eigenvalue weighted by Gasteiger charge is 2.16. The van der Waals surface area contributed by atoms with Gasteiger partial charge in [-0.15, -0.1) is 0 Å². The first-order valence-electron chi connectivity index (χ1n) is 12.8. The van der Waals surface area contributed by atoms with Crippen LogP contribution in [0.1, 0.15) is 90.7 Å². The quantitative estimate of drug-likeness (QED) is 0.242. The van der Waals surface area contributed by atoms with Gasteiger partial charge in [-0.2, -0.15) is 0 Å². The van der Waals surface area contributed by atoms with Gasteiger partial charge in [0.25, 0.3) is 0 Å². The molecule has 4 rings (SSSR count). The third-order valence-corrected chi connectivity index (χ3v) is 5.78. The van der Waals surface area contributed by atoms with Crippen LogP contribution in [0.3, 0.4) is 0 Å². The van der Waals surface area contributed by atoms with Crippen LogP contribution in [0.25, 0.3) is 11.0 Å². The zero-order chi connectivity index (χ0) is 28.0. The van der Waals surface area contributed by atoms with Crippen LogP contribution in [-0.4, -0.2) is 19.9 Å². The summed E-state index contributed by atoms with van der Waals surface area (Å²) >= 11 is 0. The van der Waals surface area contributed by atoms with E-state index in [-0.39, 0.29) is 22.1 Å². The van der Waals surface area contributed by atoms with Gasteiger partial charge in [0, 0.05) is 40.3 Å². The van der Waals surface area contributed by atoms with E-state index in [4.69, 9.17) is 0 Å². The van der Waals surface area contributed by atoms with Gasteiger partial charge in [0.15, 0.2) is 0 Å². The molecule has 0 atom stereocenters. The van der Waals surface area contributed by atoms with Crippen LogP contribution < -0.4 is 0 Å². The number of aryl methyl sites for hydroxylation is 2. The Morgan fingerprint density at radius 1 is 0.595 bits per heavy atom. The third-order valence-electron chi connectivity index (χ3n) is 5.78. The highest BCUT2D eigenvalue weighted by molar-refractivity contribution is 5.74. The lowest BCUT2D eigenvalue weighted by Gasteiger charge is -2.18. The van der Waals surface area contributed by atoms with E-state index < -0.39 is 0 Å². The molecule has 3 heterocycles. The van der Waals surface area contributed by atoms with Gasteiger partial charge in [-0.3, -0.25) is 19.9 Å². The van der Waals surface area contributed by atoms with E-state index >= 15 is 0 Å². The summed E-state index contributed by atoms with van der Waals surface area (Å²) in [5.41, 5.74) is 7.24. The number of hydrogen-bond donors (Lipinski definition) is 0. The first kappa shape index (κ1) is 30.0. The second-order valence-corrected chi connectivity index (χ2v) is 12.4. The fourth-order valence-corrected chi connectivity index (χ4v) is 3.35. The predicted molar refractivity (Wildman–Crippen MR) is 154 cm³/mol. The van der Waals surface area contributed by atoms with Crippen molar-refractivity contribution in [1.82, 2.24) is 19.9 Å². The Balaban J connectivity index is 0.000000197. The molecule has 3 aromatic heterocycles. The summed E-state index contributed by atoms with van der Waals surface area (Å²) in [5.74, 6) is -0.233. The summed E-state index contributed by atoms with van der Waals surface area (Å²) in [4.78, 5) is 17.1. The smallest absolute Gasteiger partial charge is 0.144 e. The van der Waals surface area contributed by atoms with Crippen LogP contribution >= 0.6 is 0 Å². The maximum absolute atomic E-state index is 12.8. The highest BCUT2D eigenvalue weighted by Crippen LogP contribution is 2.24. The summed E-state index contributed by atoms with van der Waals surface area (Å²) < 4.78 is 12.8. The molecule has 4 nitrogen and oxygen atoms in total. The molecule has 0 fully saturated rings. The van der Waals surface area contributed by atoms with Crippen LogP contribution in [0, 0.1) is 19.7 Å². The highest BCUT2D eigenvalue weighted by atomic mass is 19.1. The fourth-order valence-electron chi connectivity index (χ4n) is 3.35. The Labute approximate surface area is 222 Å². The number of nitrogens with zero attached hydrogens (tertiary/aromatic N) is 4. The minimum Gasteiger partial charge on any atom is -0.258 e. The van der Waals surface area contributed by atoms with Crippen LogP contribution in [0.15, 0.2) is 60.9 Å². The monoisotopic (exact) mass is 502 g/mol. The topological polar surface area (TPSA) is 51.6 Å². The van der Waals surface area contributed by atoms with Crippen LogP contribution in [-0.2, 0) is 16.2 Å². The van der Waals surface area contributed by atoms with Gasteiger partial charge >= 0.3 is 0 Å². The molecule has 0 unspecified atom stereocenters. The van der Waals surface area contributed by atoms with Gasteiger partial charge in [-0.25, -0.2) is 4.39 Å². The maximum atomic E-state index is 12.8. The lowest BCUT2D eigenvalue weighted by atomic mass is 9.87. The number of hydrogen-bond acceptors (Lipinski definition) is 4. The van der Waals surface area contributed by atoms with Crippen molar-refractivity contribution in [2.45, 2.75) is 92.4 Å². The van der Waals surface area contributed by atoms with Crippen molar-refractivity contribution in [2.75, 3.05) is 0 Å². The Bertz CT molecular complexity index is 1310. The minimum absolute atomic E-state index is 0.00153. The zero-order valence-corrected chi connectivity index (χ0v) is 24.4. The molecule has 0 saturated heterocycles. The lowest BCUT2D eigenvalue weighted by Crippen LogP contribution is -2.14. The molecular weight excluding hydrogens is 459 g/mol. The van der Waals surface area contributed by atoms with Crippen molar-refractivity contribution in [3.8, 4) is 0 Å². The van der Waals surface area contributed by atoms with Crippen molar-refractivity contribution in [3.63, 3.8) is 0 Å². The summed E-state index contributed by atoms with van der Waals surface area (Å²) in [6.45, 7) is 23.0. The SMILES string of the molecule is CC(C)(C)c1ccc2nccnc2c1.Cc1cccc(C(C)(C)C)n1.Cc1nc(C(C)(C)C)ccc1F. The standard InChI is InChI=1S/C12H14N2.C10H14FN.C10H15N/c1-12(2,3)9-4-5-10-11(8-9)14-7-6-13-10;1-7-8(11)5-6-9(12-7)10(2,3)4;1-8-6-5-7-9(11-8)10(2,3)4/h4-8H,1-3H3;5-6H,1-4H3;5-7H,1-4H3. The van der Waals surface area contributed by atoms with Crippen molar-refractivity contribution < 1.29 is 4.39 Å². The van der Waals surface area contributed by atoms with Crippen molar-refractivity contribution in [3.05, 3.63) is 95.1 Å². The molecule has 37 heavy (non-hydrogen) atoms. The molecule has 0 saturated carbocycles. The molecule has 0 amide bonds. The van der Waals surface area contributed by atoms with Crippen molar-refractivity contribution in [2.24, 2.45) is 0 Å². The van der Waals surface area contributed by atoms with E-state index in [1.165, 1.54) is 11.6 Å². The van der Waals surface area contributed by atoms with Gasteiger partial charge in [-0.05, 0) is 61.2 Å².